The fourth-order valence-electron chi connectivity index (χ4n) is 1.19. The van der Waals surface area contributed by atoms with E-state index in [-0.39, 0.29) is 4.57 Å². The van der Waals surface area contributed by atoms with Gasteiger partial charge in [0.25, 0.3) is 0 Å². The summed E-state index contributed by atoms with van der Waals surface area (Å²) in [5.74, 6) is 0. The van der Waals surface area contributed by atoms with Crippen molar-refractivity contribution in [1.82, 2.24) is 15.0 Å². The maximum absolute atomic E-state index is 11.2. The zero-order valence-electron chi connectivity index (χ0n) is 7.96. The van der Waals surface area contributed by atoms with Crippen LogP contribution in [0.4, 0.5) is 0 Å². The van der Waals surface area contributed by atoms with Crippen LogP contribution in [0.2, 0.25) is 0 Å². The van der Waals surface area contributed by atoms with E-state index < -0.39 is 0 Å². The van der Waals surface area contributed by atoms with Crippen LogP contribution in [-0.2, 0) is 0 Å². The molecule has 78 valence electrons. The van der Waals surface area contributed by atoms with Crippen molar-refractivity contribution >= 4 is 44.0 Å². The molecule has 0 atom stereocenters. The first-order valence-corrected chi connectivity index (χ1v) is 6.35. The number of rotatable bonds is 2. The first-order chi connectivity index (χ1) is 7.66. The van der Waals surface area contributed by atoms with E-state index in [4.69, 9.17) is 0 Å². The third-order valence-electron chi connectivity index (χ3n) is 1.91. The summed E-state index contributed by atoms with van der Waals surface area (Å²) in [5.41, 5.74) is 2.14. The van der Waals surface area contributed by atoms with Gasteiger partial charge in [-0.1, -0.05) is 0 Å². The molecule has 2 rings (SSSR count). The number of carbonyl (C=O) groups excluding carboxylic acids is 1. The molecule has 0 unspecified atom stereocenters. The Labute approximate surface area is 115 Å². The van der Waals surface area contributed by atoms with Crippen LogP contribution in [-0.4, -0.2) is 36.4 Å². The molecule has 6 heteroatoms. The van der Waals surface area contributed by atoms with Gasteiger partial charge in [0, 0.05) is 0 Å². The summed E-state index contributed by atoms with van der Waals surface area (Å²) in [5, 5.41) is 0. The molecule has 0 amide bonds. The van der Waals surface area contributed by atoms with Crippen molar-refractivity contribution in [2.24, 2.45) is 0 Å². The molecule has 0 N–H and O–H groups in total. The number of aromatic nitrogens is 3. The summed E-state index contributed by atoms with van der Waals surface area (Å²) in [6.45, 7) is 0. The molecule has 2 radical (unpaired) electrons. The predicted octanol–water partition coefficient (Wildman–Crippen LogP) is 1.45. The van der Waals surface area contributed by atoms with Crippen LogP contribution in [0, 0.1) is 3.70 Å². The van der Waals surface area contributed by atoms with E-state index in [1.807, 2.05) is 22.9 Å². The summed E-state index contributed by atoms with van der Waals surface area (Å²) in [7, 11) is 0. The third-order valence-corrected chi connectivity index (χ3v) is 3.05. The number of hydrogen-bond donors (Lipinski definition) is 0. The summed E-state index contributed by atoms with van der Waals surface area (Å²) >= 11 is 4.09. The van der Waals surface area contributed by atoms with Gasteiger partial charge in [0.05, 0.1) is 0 Å². The average molecular weight is 385 g/mol. The molecule has 2 aromatic heterocycles. The van der Waals surface area contributed by atoms with Crippen molar-refractivity contribution in [1.29, 1.82) is 0 Å². The molecule has 0 aliphatic carbocycles. The van der Waals surface area contributed by atoms with Gasteiger partial charge in [0.1, 0.15) is 0 Å². The summed E-state index contributed by atoms with van der Waals surface area (Å²) in [6.07, 6.45) is 4.71. The van der Waals surface area contributed by atoms with Gasteiger partial charge < -0.3 is 0 Å². The third kappa shape index (κ3) is 2.65. The van der Waals surface area contributed by atoms with Crippen LogP contribution in [0.25, 0.3) is 11.3 Å². The zero-order chi connectivity index (χ0) is 11.5. The Kier molecular flexibility index (Phi) is 3.66. The van der Waals surface area contributed by atoms with Crippen LogP contribution in [0.5, 0.6) is 0 Å². The van der Waals surface area contributed by atoms with Crippen LogP contribution >= 0.6 is 22.6 Å². The minimum absolute atomic E-state index is 0.0643. The SMILES string of the molecule is O=C([As])c1cncc(-c2cc(I)ncn2)c1. The molecule has 2 heterocycles. The van der Waals surface area contributed by atoms with Crippen molar-refractivity contribution in [3.8, 4) is 11.3 Å². The quantitative estimate of drug-likeness (QED) is 0.446. The van der Waals surface area contributed by atoms with Crippen molar-refractivity contribution in [2.45, 2.75) is 0 Å². The predicted molar refractivity (Wildman–Crippen MR) is 68.1 cm³/mol. The molecular formula is C10H5AsIN3O. The second-order valence-electron chi connectivity index (χ2n) is 2.99. The van der Waals surface area contributed by atoms with E-state index in [9.17, 15) is 4.79 Å². The summed E-state index contributed by atoms with van der Waals surface area (Å²) in [6, 6.07) is 3.61. The zero-order valence-corrected chi connectivity index (χ0v) is 12.0. The second kappa shape index (κ2) is 5.01. The molecule has 0 aliphatic rings. The molecule has 0 spiro atoms. The van der Waals surface area contributed by atoms with Crippen molar-refractivity contribution in [3.05, 3.63) is 40.1 Å². The topological polar surface area (TPSA) is 55.7 Å². The monoisotopic (exact) mass is 385 g/mol. The van der Waals surface area contributed by atoms with Gasteiger partial charge in [-0.3, -0.25) is 0 Å². The number of carbonyl (C=O) groups is 1. The van der Waals surface area contributed by atoms with Crippen molar-refractivity contribution in [3.63, 3.8) is 0 Å². The normalized spacial score (nSPS) is 10.1. The second-order valence-corrected chi connectivity index (χ2v) is 4.95. The van der Waals surface area contributed by atoms with Crippen molar-refractivity contribution < 1.29 is 4.79 Å². The molecular weight excluding hydrogens is 380 g/mol. The van der Waals surface area contributed by atoms with E-state index in [0.717, 1.165) is 15.0 Å². The fourth-order valence-corrected chi connectivity index (χ4v) is 1.86. The van der Waals surface area contributed by atoms with Crippen LogP contribution < -0.4 is 0 Å². The van der Waals surface area contributed by atoms with E-state index in [2.05, 4.69) is 37.5 Å². The molecule has 4 nitrogen and oxygen atoms in total. The van der Waals surface area contributed by atoms with Crippen LogP contribution in [0.15, 0.2) is 30.9 Å². The molecule has 0 saturated carbocycles. The van der Waals surface area contributed by atoms with Gasteiger partial charge in [-0.15, -0.1) is 0 Å². The Morgan fingerprint density at radius 2 is 2.06 bits per heavy atom. The van der Waals surface area contributed by atoms with Gasteiger partial charge in [0.2, 0.25) is 0 Å². The Bertz CT molecular complexity index is 547. The fraction of sp³-hybridized carbons (Fsp3) is 0. The van der Waals surface area contributed by atoms with E-state index in [1.165, 1.54) is 12.5 Å². The molecule has 0 aromatic carbocycles. The van der Waals surface area contributed by atoms with Gasteiger partial charge in [-0.2, -0.15) is 0 Å². The van der Waals surface area contributed by atoms with Gasteiger partial charge in [-0.25, -0.2) is 0 Å². The first kappa shape index (κ1) is 11.7. The standard InChI is InChI=1S/C10H5AsIN3O/c11-10(16)7-1-6(3-13-4-7)8-2-9(12)15-5-14-8/h1-5H. The van der Waals surface area contributed by atoms with E-state index in [0.29, 0.717) is 5.56 Å². The maximum atomic E-state index is 11.2. The van der Waals surface area contributed by atoms with Crippen molar-refractivity contribution in [2.75, 3.05) is 0 Å². The van der Waals surface area contributed by atoms with Gasteiger partial charge in [-0.05, 0) is 0 Å². The molecule has 0 bridgehead atoms. The Hall–Kier alpha value is -0.812. The van der Waals surface area contributed by atoms with E-state index >= 15 is 0 Å². The number of pyridine rings is 1. The number of hydrogen-bond acceptors (Lipinski definition) is 4. The number of nitrogens with zero attached hydrogens (tertiary/aromatic N) is 3. The summed E-state index contributed by atoms with van der Waals surface area (Å²) < 4.78 is 0.789. The van der Waals surface area contributed by atoms with Gasteiger partial charge in [0.15, 0.2) is 0 Å². The Morgan fingerprint density at radius 3 is 2.75 bits per heavy atom. The Balaban J connectivity index is 2.48. The Morgan fingerprint density at radius 1 is 1.25 bits per heavy atom. The molecule has 0 aliphatic heterocycles. The first-order valence-electron chi connectivity index (χ1n) is 4.33. The molecule has 2 aromatic rings. The summed E-state index contributed by atoms with van der Waals surface area (Å²) in [4.78, 5) is 23.4. The molecule has 16 heavy (non-hydrogen) atoms. The average Bonchev–Trinajstić information content (AvgIpc) is 2.29. The van der Waals surface area contributed by atoms with Crippen LogP contribution in [0.3, 0.4) is 0 Å². The van der Waals surface area contributed by atoms with E-state index in [1.54, 1.807) is 12.3 Å². The molecule has 0 fully saturated rings. The minimum atomic E-state index is -0.0643. The molecule has 0 saturated heterocycles. The number of halogens is 1. The van der Waals surface area contributed by atoms with Crippen LogP contribution in [0.1, 0.15) is 10.4 Å². The van der Waals surface area contributed by atoms with Gasteiger partial charge >= 0.3 is 115 Å².